The zero-order valence-corrected chi connectivity index (χ0v) is 10.5. The highest BCUT2D eigenvalue weighted by molar-refractivity contribution is 5.43. The zero-order valence-electron chi connectivity index (χ0n) is 10.5. The predicted molar refractivity (Wildman–Crippen MR) is 72.7 cm³/mol. The van der Waals surface area contributed by atoms with Crippen molar-refractivity contribution in [2.24, 2.45) is 0 Å². The van der Waals surface area contributed by atoms with Crippen LogP contribution in [0.2, 0.25) is 0 Å². The molecule has 1 atom stereocenters. The summed E-state index contributed by atoms with van der Waals surface area (Å²) in [6, 6.07) is 16.5. The largest absolute Gasteiger partial charge is 0.508 e. The van der Waals surface area contributed by atoms with Crippen molar-refractivity contribution in [3.8, 4) is 5.75 Å². The molecule has 0 aromatic heterocycles. The molecule has 92 valence electrons. The average Bonchev–Trinajstić information content (AvgIpc) is 2.39. The molecule has 0 spiro atoms. The highest BCUT2D eigenvalue weighted by Crippen LogP contribution is 2.35. The fourth-order valence-electron chi connectivity index (χ4n) is 2.80. The van der Waals surface area contributed by atoms with E-state index >= 15 is 0 Å². The Morgan fingerprint density at radius 3 is 2.67 bits per heavy atom. The van der Waals surface area contributed by atoms with Crippen molar-refractivity contribution in [2.75, 3.05) is 13.6 Å². The van der Waals surface area contributed by atoms with E-state index in [0.717, 1.165) is 13.0 Å². The molecule has 2 nitrogen and oxygen atoms in total. The SMILES string of the molecule is CN1CCc2ccc(O)cc2[C@H]1c1ccccc1. The molecule has 0 saturated heterocycles. The van der Waals surface area contributed by atoms with Crippen LogP contribution >= 0.6 is 0 Å². The molecule has 1 heterocycles. The first kappa shape index (κ1) is 11.3. The normalized spacial score (nSPS) is 19.5. The van der Waals surface area contributed by atoms with Crippen molar-refractivity contribution in [1.82, 2.24) is 4.90 Å². The van der Waals surface area contributed by atoms with Gasteiger partial charge >= 0.3 is 0 Å². The predicted octanol–water partition coefficient (Wildman–Crippen LogP) is 2.97. The molecule has 1 N–H and O–H groups in total. The van der Waals surface area contributed by atoms with Gasteiger partial charge in [0.25, 0.3) is 0 Å². The highest BCUT2D eigenvalue weighted by Gasteiger charge is 2.26. The Morgan fingerprint density at radius 2 is 1.89 bits per heavy atom. The molecule has 0 unspecified atom stereocenters. The van der Waals surface area contributed by atoms with E-state index in [1.165, 1.54) is 16.7 Å². The summed E-state index contributed by atoms with van der Waals surface area (Å²) in [6.07, 6.45) is 1.05. The molecule has 0 bridgehead atoms. The Bertz CT molecular complexity index is 550. The van der Waals surface area contributed by atoms with Crippen LogP contribution in [0.25, 0.3) is 0 Å². The van der Waals surface area contributed by atoms with E-state index in [9.17, 15) is 5.11 Å². The van der Waals surface area contributed by atoms with Crippen molar-refractivity contribution >= 4 is 0 Å². The molecule has 2 aromatic rings. The fourth-order valence-corrected chi connectivity index (χ4v) is 2.80. The van der Waals surface area contributed by atoms with E-state index < -0.39 is 0 Å². The summed E-state index contributed by atoms with van der Waals surface area (Å²) in [6.45, 7) is 1.05. The lowest BCUT2D eigenvalue weighted by atomic mass is 9.88. The Morgan fingerprint density at radius 1 is 1.11 bits per heavy atom. The smallest absolute Gasteiger partial charge is 0.115 e. The molecule has 2 aromatic carbocycles. The fraction of sp³-hybridized carbons (Fsp3) is 0.250. The summed E-state index contributed by atoms with van der Waals surface area (Å²) in [5.41, 5.74) is 3.86. The van der Waals surface area contributed by atoms with Crippen LogP contribution in [0.3, 0.4) is 0 Å². The van der Waals surface area contributed by atoms with Crippen molar-refractivity contribution in [2.45, 2.75) is 12.5 Å². The number of phenols is 1. The van der Waals surface area contributed by atoms with Crippen LogP contribution in [-0.2, 0) is 6.42 Å². The van der Waals surface area contributed by atoms with E-state index in [4.69, 9.17) is 0 Å². The average molecular weight is 239 g/mol. The second-order valence-electron chi connectivity index (χ2n) is 4.93. The second-order valence-corrected chi connectivity index (χ2v) is 4.93. The molecule has 0 radical (unpaired) electrons. The van der Waals surface area contributed by atoms with Gasteiger partial charge in [0.1, 0.15) is 5.75 Å². The number of likely N-dealkylation sites (N-methyl/N-ethyl adjacent to an activating group) is 1. The maximum atomic E-state index is 9.72. The van der Waals surface area contributed by atoms with E-state index in [-0.39, 0.29) is 6.04 Å². The first-order valence-electron chi connectivity index (χ1n) is 6.32. The lowest BCUT2D eigenvalue weighted by Crippen LogP contribution is -2.32. The van der Waals surface area contributed by atoms with Gasteiger partial charge in [-0.3, -0.25) is 4.90 Å². The van der Waals surface area contributed by atoms with Gasteiger partial charge in [0.05, 0.1) is 6.04 Å². The minimum absolute atomic E-state index is 0.252. The molecule has 0 saturated carbocycles. The lowest BCUT2D eigenvalue weighted by molar-refractivity contribution is 0.264. The molecule has 0 amide bonds. The Balaban J connectivity index is 2.12. The number of aromatic hydroxyl groups is 1. The van der Waals surface area contributed by atoms with E-state index in [0.29, 0.717) is 5.75 Å². The van der Waals surface area contributed by atoms with E-state index in [1.54, 1.807) is 6.07 Å². The summed E-state index contributed by atoms with van der Waals surface area (Å²) >= 11 is 0. The third-order valence-electron chi connectivity index (χ3n) is 3.71. The van der Waals surface area contributed by atoms with Gasteiger partial charge in [0.15, 0.2) is 0 Å². The van der Waals surface area contributed by atoms with Crippen LogP contribution in [0.5, 0.6) is 5.75 Å². The summed E-state index contributed by atoms with van der Waals surface area (Å²) in [7, 11) is 2.14. The Hall–Kier alpha value is -1.80. The summed E-state index contributed by atoms with van der Waals surface area (Å²) in [4.78, 5) is 2.34. The first-order valence-corrected chi connectivity index (χ1v) is 6.32. The number of hydrogen-bond donors (Lipinski definition) is 1. The maximum absolute atomic E-state index is 9.72. The van der Waals surface area contributed by atoms with Gasteiger partial charge in [-0.15, -0.1) is 0 Å². The van der Waals surface area contributed by atoms with Crippen molar-refractivity contribution in [3.05, 3.63) is 65.2 Å². The topological polar surface area (TPSA) is 23.5 Å². The number of hydrogen-bond acceptors (Lipinski definition) is 2. The summed E-state index contributed by atoms with van der Waals surface area (Å²) in [5.74, 6) is 0.352. The summed E-state index contributed by atoms with van der Waals surface area (Å²) in [5, 5.41) is 9.72. The van der Waals surface area contributed by atoms with E-state index in [2.05, 4.69) is 36.2 Å². The van der Waals surface area contributed by atoms with Crippen LogP contribution in [0.4, 0.5) is 0 Å². The third kappa shape index (κ3) is 1.89. The van der Waals surface area contributed by atoms with Crippen LogP contribution in [0, 0.1) is 0 Å². The quantitative estimate of drug-likeness (QED) is 0.827. The number of phenolic OH excluding ortho intramolecular Hbond substituents is 1. The number of nitrogens with zero attached hydrogens (tertiary/aromatic N) is 1. The van der Waals surface area contributed by atoms with Crippen LogP contribution in [-0.4, -0.2) is 23.6 Å². The molecule has 0 aliphatic carbocycles. The van der Waals surface area contributed by atoms with Crippen LogP contribution in [0.15, 0.2) is 48.5 Å². The zero-order chi connectivity index (χ0) is 12.5. The van der Waals surface area contributed by atoms with Gasteiger partial charge in [-0.05, 0) is 42.3 Å². The second kappa shape index (κ2) is 4.46. The molecule has 0 fully saturated rings. The van der Waals surface area contributed by atoms with Gasteiger partial charge in [-0.1, -0.05) is 36.4 Å². The lowest BCUT2D eigenvalue weighted by Gasteiger charge is -2.35. The summed E-state index contributed by atoms with van der Waals surface area (Å²) < 4.78 is 0. The van der Waals surface area contributed by atoms with Gasteiger partial charge < -0.3 is 5.11 Å². The van der Waals surface area contributed by atoms with Crippen molar-refractivity contribution in [3.63, 3.8) is 0 Å². The first-order chi connectivity index (χ1) is 8.75. The minimum Gasteiger partial charge on any atom is -0.508 e. The van der Waals surface area contributed by atoms with Crippen LogP contribution in [0.1, 0.15) is 22.7 Å². The molecule has 2 heteroatoms. The Labute approximate surface area is 107 Å². The number of rotatable bonds is 1. The van der Waals surface area contributed by atoms with Crippen molar-refractivity contribution in [1.29, 1.82) is 0 Å². The maximum Gasteiger partial charge on any atom is 0.115 e. The number of benzene rings is 2. The van der Waals surface area contributed by atoms with Crippen molar-refractivity contribution < 1.29 is 5.11 Å². The van der Waals surface area contributed by atoms with Crippen LogP contribution < -0.4 is 0 Å². The van der Waals surface area contributed by atoms with Gasteiger partial charge in [-0.2, -0.15) is 0 Å². The van der Waals surface area contributed by atoms with Gasteiger partial charge in [0.2, 0.25) is 0 Å². The molecule has 3 rings (SSSR count). The third-order valence-corrected chi connectivity index (χ3v) is 3.71. The molecule has 1 aliphatic heterocycles. The van der Waals surface area contributed by atoms with E-state index in [1.807, 2.05) is 18.2 Å². The highest BCUT2D eigenvalue weighted by atomic mass is 16.3. The van der Waals surface area contributed by atoms with Gasteiger partial charge in [0, 0.05) is 6.54 Å². The molecule has 1 aliphatic rings. The Kier molecular flexibility index (Phi) is 2.80. The molecule has 18 heavy (non-hydrogen) atoms. The standard InChI is InChI=1S/C16H17NO/c1-17-10-9-12-7-8-14(18)11-15(12)16(17)13-5-3-2-4-6-13/h2-8,11,16,18H,9-10H2,1H3/t16-/m1/s1. The number of fused-ring (bicyclic) bond motifs is 1. The monoisotopic (exact) mass is 239 g/mol. The van der Waals surface area contributed by atoms with Gasteiger partial charge in [-0.25, -0.2) is 0 Å². The molecular weight excluding hydrogens is 222 g/mol. The molecular formula is C16H17NO. The minimum atomic E-state index is 0.252.